The monoisotopic (exact) mass is 260 g/mol. The summed E-state index contributed by atoms with van der Waals surface area (Å²) in [6.45, 7) is 3.00. The van der Waals surface area contributed by atoms with Crippen LogP contribution in [0.1, 0.15) is 32.6 Å². The van der Waals surface area contributed by atoms with Crippen LogP contribution < -0.4 is 10.2 Å². The maximum atomic E-state index is 4.65. The predicted molar refractivity (Wildman–Crippen MR) is 76.5 cm³/mol. The Balaban J connectivity index is 1.97. The Kier molecular flexibility index (Phi) is 3.23. The first kappa shape index (κ1) is 12.2. The fraction of sp³-hybridized carbons (Fsp3) is 0.615. The molecule has 0 spiro atoms. The van der Waals surface area contributed by atoms with Crippen molar-refractivity contribution in [3.63, 3.8) is 0 Å². The Morgan fingerprint density at radius 1 is 1.42 bits per heavy atom. The zero-order valence-electron chi connectivity index (χ0n) is 11.5. The predicted octanol–water partition coefficient (Wildman–Crippen LogP) is 2.16. The molecule has 1 fully saturated rings. The number of H-pyrrole nitrogens is 1. The standard InChI is InChI=1S/C13H20N6/c1-3-7-14-13-17-11-10(15-8-16-11)12(18-13)19(2)9-5-4-6-9/h8-9H,3-7H2,1-2H3,(H2,14,15,16,17,18). The number of anilines is 2. The summed E-state index contributed by atoms with van der Waals surface area (Å²) in [5.41, 5.74) is 1.66. The van der Waals surface area contributed by atoms with Crippen LogP contribution in [0.15, 0.2) is 6.33 Å². The maximum absolute atomic E-state index is 4.65. The minimum absolute atomic E-state index is 0.598. The van der Waals surface area contributed by atoms with Gasteiger partial charge in [-0.25, -0.2) is 4.98 Å². The van der Waals surface area contributed by atoms with Crippen molar-refractivity contribution in [3.8, 4) is 0 Å². The van der Waals surface area contributed by atoms with Crippen molar-refractivity contribution in [2.45, 2.75) is 38.6 Å². The van der Waals surface area contributed by atoms with E-state index in [-0.39, 0.29) is 0 Å². The van der Waals surface area contributed by atoms with Gasteiger partial charge >= 0.3 is 0 Å². The lowest BCUT2D eigenvalue weighted by molar-refractivity contribution is 0.400. The van der Waals surface area contributed by atoms with Crippen LogP contribution in [0.5, 0.6) is 0 Å². The first-order chi connectivity index (χ1) is 9.29. The van der Waals surface area contributed by atoms with E-state index in [1.807, 2.05) is 0 Å². The van der Waals surface area contributed by atoms with Crippen LogP contribution in [0, 0.1) is 0 Å². The highest BCUT2D eigenvalue weighted by molar-refractivity contribution is 5.84. The van der Waals surface area contributed by atoms with E-state index in [4.69, 9.17) is 0 Å². The normalized spacial score (nSPS) is 15.5. The second-order valence-electron chi connectivity index (χ2n) is 5.09. The van der Waals surface area contributed by atoms with E-state index in [9.17, 15) is 0 Å². The molecule has 0 radical (unpaired) electrons. The van der Waals surface area contributed by atoms with Crippen molar-refractivity contribution in [3.05, 3.63) is 6.33 Å². The molecule has 0 aromatic carbocycles. The van der Waals surface area contributed by atoms with Gasteiger partial charge in [0.25, 0.3) is 0 Å². The molecule has 0 saturated heterocycles. The second kappa shape index (κ2) is 5.03. The van der Waals surface area contributed by atoms with Crippen LogP contribution in [-0.2, 0) is 0 Å². The molecule has 0 amide bonds. The third kappa shape index (κ3) is 2.22. The van der Waals surface area contributed by atoms with Crippen molar-refractivity contribution in [1.82, 2.24) is 19.9 Å². The molecule has 0 atom stereocenters. The molecule has 0 unspecified atom stereocenters. The second-order valence-corrected chi connectivity index (χ2v) is 5.09. The Bertz CT molecular complexity index is 559. The van der Waals surface area contributed by atoms with Crippen LogP contribution in [0.2, 0.25) is 0 Å². The van der Waals surface area contributed by atoms with Crippen molar-refractivity contribution in [1.29, 1.82) is 0 Å². The summed E-state index contributed by atoms with van der Waals surface area (Å²) in [5, 5.41) is 3.24. The minimum atomic E-state index is 0.598. The molecule has 2 heterocycles. The van der Waals surface area contributed by atoms with Gasteiger partial charge < -0.3 is 15.2 Å². The molecule has 2 aromatic heterocycles. The van der Waals surface area contributed by atoms with Crippen LogP contribution in [0.4, 0.5) is 11.8 Å². The molecule has 2 N–H and O–H groups in total. The molecule has 1 aliphatic carbocycles. The Morgan fingerprint density at radius 2 is 2.26 bits per heavy atom. The summed E-state index contributed by atoms with van der Waals surface area (Å²) in [5.74, 6) is 1.62. The molecule has 6 nitrogen and oxygen atoms in total. The molecule has 3 rings (SSSR count). The first-order valence-corrected chi connectivity index (χ1v) is 6.97. The van der Waals surface area contributed by atoms with Gasteiger partial charge in [-0.1, -0.05) is 6.92 Å². The maximum Gasteiger partial charge on any atom is 0.226 e. The summed E-state index contributed by atoms with van der Waals surface area (Å²) in [4.78, 5) is 18.7. The summed E-state index contributed by atoms with van der Waals surface area (Å²) in [7, 11) is 2.11. The average molecular weight is 260 g/mol. The van der Waals surface area contributed by atoms with E-state index in [1.54, 1.807) is 6.33 Å². The van der Waals surface area contributed by atoms with Gasteiger partial charge in [0, 0.05) is 19.6 Å². The quantitative estimate of drug-likeness (QED) is 0.862. The first-order valence-electron chi connectivity index (χ1n) is 6.97. The Morgan fingerprint density at radius 3 is 2.95 bits per heavy atom. The zero-order valence-corrected chi connectivity index (χ0v) is 11.5. The van der Waals surface area contributed by atoms with Crippen LogP contribution >= 0.6 is 0 Å². The van der Waals surface area contributed by atoms with Gasteiger partial charge in [-0.15, -0.1) is 0 Å². The van der Waals surface area contributed by atoms with Crippen molar-refractivity contribution >= 4 is 22.9 Å². The molecular weight excluding hydrogens is 240 g/mol. The number of nitrogens with one attached hydrogen (secondary N) is 2. The highest BCUT2D eigenvalue weighted by atomic mass is 15.3. The molecule has 19 heavy (non-hydrogen) atoms. The fourth-order valence-corrected chi connectivity index (χ4v) is 2.34. The van der Waals surface area contributed by atoms with Gasteiger partial charge in [-0.05, 0) is 25.7 Å². The number of fused-ring (bicyclic) bond motifs is 1. The molecular formula is C13H20N6. The smallest absolute Gasteiger partial charge is 0.226 e. The largest absolute Gasteiger partial charge is 0.355 e. The Hall–Kier alpha value is -1.85. The number of aromatic amines is 1. The third-order valence-corrected chi connectivity index (χ3v) is 3.76. The molecule has 1 saturated carbocycles. The van der Waals surface area contributed by atoms with Gasteiger partial charge in [0.15, 0.2) is 11.5 Å². The summed E-state index contributed by atoms with van der Waals surface area (Å²) in [6, 6.07) is 0.598. The van der Waals surface area contributed by atoms with Gasteiger partial charge in [-0.3, -0.25) is 0 Å². The lowest BCUT2D eigenvalue weighted by atomic mass is 9.92. The lowest BCUT2D eigenvalue weighted by Gasteiger charge is -2.35. The molecule has 2 aromatic rings. The minimum Gasteiger partial charge on any atom is -0.355 e. The number of rotatable bonds is 5. The fourth-order valence-electron chi connectivity index (χ4n) is 2.34. The lowest BCUT2D eigenvalue weighted by Crippen LogP contribution is -2.37. The highest BCUT2D eigenvalue weighted by Crippen LogP contribution is 2.30. The third-order valence-electron chi connectivity index (χ3n) is 3.76. The molecule has 0 bridgehead atoms. The number of aromatic nitrogens is 4. The Labute approximate surface area is 112 Å². The van der Waals surface area contributed by atoms with Crippen molar-refractivity contribution in [2.24, 2.45) is 0 Å². The van der Waals surface area contributed by atoms with Gasteiger partial charge in [0.1, 0.15) is 5.52 Å². The van der Waals surface area contributed by atoms with Gasteiger partial charge in [0.2, 0.25) is 5.95 Å². The zero-order chi connectivity index (χ0) is 13.2. The van der Waals surface area contributed by atoms with Crippen LogP contribution in [0.3, 0.4) is 0 Å². The number of imidazole rings is 1. The van der Waals surface area contributed by atoms with Gasteiger partial charge in [-0.2, -0.15) is 9.97 Å². The van der Waals surface area contributed by atoms with E-state index in [2.05, 4.69) is 44.1 Å². The van der Waals surface area contributed by atoms with E-state index in [0.717, 1.165) is 29.9 Å². The average Bonchev–Trinajstić information content (AvgIpc) is 2.81. The summed E-state index contributed by atoms with van der Waals surface area (Å²) < 4.78 is 0. The van der Waals surface area contributed by atoms with Gasteiger partial charge in [0.05, 0.1) is 6.33 Å². The van der Waals surface area contributed by atoms with E-state index < -0.39 is 0 Å². The SMILES string of the molecule is CCCNc1nc(N(C)C2CCC2)c2[nH]cnc2n1. The van der Waals surface area contributed by atoms with E-state index in [0.29, 0.717) is 12.0 Å². The number of hydrogen-bond donors (Lipinski definition) is 2. The van der Waals surface area contributed by atoms with Crippen LogP contribution in [-0.4, -0.2) is 39.6 Å². The van der Waals surface area contributed by atoms with Crippen molar-refractivity contribution in [2.75, 3.05) is 23.8 Å². The topological polar surface area (TPSA) is 69.7 Å². The highest BCUT2D eigenvalue weighted by Gasteiger charge is 2.25. The molecule has 0 aliphatic heterocycles. The molecule has 1 aliphatic rings. The van der Waals surface area contributed by atoms with E-state index >= 15 is 0 Å². The summed E-state index contributed by atoms with van der Waals surface area (Å²) >= 11 is 0. The number of hydrogen-bond acceptors (Lipinski definition) is 5. The molecule has 6 heteroatoms. The molecule has 102 valence electrons. The number of nitrogens with zero attached hydrogens (tertiary/aromatic N) is 4. The van der Waals surface area contributed by atoms with Crippen LogP contribution in [0.25, 0.3) is 11.2 Å². The van der Waals surface area contributed by atoms with Crippen molar-refractivity contribution < 1.29 is 0 Å². The van der Waals surface area contributed by atoms with E-state index in [1.165, 1.54) is 19.3 Å². The summed E-state index contributed by atoms with van der Waals surface area (Å²) in [6.07, 6.45) is 6.53.